The molecule has 162 valence electrons. The number of rotatable bonds is 8. The monoisotopic (exact) mass is 441 g/mol. The Morgan fingerprint density at radius 2 is 1.65 bits per heavy atom. The Balaban J connectivity index is 1.65. The molecule has 3 aromatic rings. The van der Waals surface area contributed by atoms with E-state index in [1.807, 2.05) is 25.1 Å². The summed E-state index contributed by atoms with van der Waals surface area (Å²) in [6.07, 6.45) is 0. The lowest BCUT2D eigenvalue weighted by Crippen LogP contribution is -2.34. The molecule has 0 radical (unpaired) electrons. The van der Waals surface area contributed by atoms with Gasteiger partial charge >= 0.3 is 0 Å². The average molecular weight is 442 g/mol. The number of hydrogen-bond donors (Lipinski definition) is 2. The fourth-order valence-electron chi connectivity index (χ4n) is 3.11. The van der Waals surface area contributed by atoms with Crippen LogP contribution in [0, 0.1) is 5.82 Å². The fourth-order valence-corrected chi connectivity index (χ4v) is 4.19. The highest BCUT2D eigenvalue weighted by Gasteiger charge is 2.17. The van der Waals surface area contributed by atoms with Crippen LogP contribution in [0.4, 0.5) is 10.1 Å². The Morgan fingerprint density at radius 3 is 2.26 bits per heavy atom. The van der Waals surface area contributed by atoms with Gasteiger partial charge in [0.1, 0.15) is 5.82 Å². The molecule has 8 heteroatoms. The molecule has 0 heterocycles. The molecule has 0 aliphatic rings. The molecule has 1 atom stereocenters. The molecule has 3 aromatic carbocycles. The lowest BCUT2D eigenvalue weighted by atomic mass is 10.1. The molecular weight excluding hydrogens is 417 g/mol. The molecule has 1 unspecified atom stereocenters. The summed E-state index contributed by atoms with van der Waals surface area (Å²) in [5.74, 6) is -0.634. The molecule has 0 aliphatic carbocycles. The summed E-state index contributed by atoms with van der Waals surface area (Å²) in [6.45, 7) is 0.289. The molecule has 0 spiro atoms. The van der Waals surface area contributed by atoms with Crippen LogP contribution in [-0.4, -0.2) is 39.9 Å². The minimum atomic E-state index is -3.70. The zero-order valence-electron chi connectivity index (χ0n) is 17.2. The Bertz CT molecular complexity index is 1130. The third-order valence-corrected chi connectivity index (χ3v) is 6.16. The maximum Gasteiger partial charge on any atom is 0.261 e. The second-order valence-electron chi connectivity index (χ2n) is 7.24. The van der Waals surface area contributed by atoms with Crippen LogP contribution >= 0.6 is 0 Å². The smallest absolute Gasteiger partial charge is 0.261 e. The molecule has 6 nitrogen and oxygen atoms in total. The topological polar surface area (TPSA) is 78.5 Å². The summed E-state index contributed by atoms with van der Waals surface area (Å²) >= 11 is 0. The van der Waals surface area contributed by atoms with Gasteiger partial charge in [-0.2, -0.15) is 0 Å². The zero-order valence-corrected chi connectivity index (χ0v) is 18.1. The van der Waals surface area contributed by atoms with Crippen molar-refractivity contribution in [3.05, 3.63) is 95.8 Å². The van der Waals surface area contributed by atoms with Crippen molar-refractivity contribution in [2.24, 2.45) is 0 Å². The highest BCUT2D eigenvalue weighted by molar-refractivity contribution is 7.92. The quantitative estimate of drug-likeness (QED) is 0.559. The van der Waals surface area contributed by atoms with Gasteiger partial charge in [-0.15, -0.1) is 0 Å². The number of carbonyl (C=O) groups excluding carboxylic acids is 1. The largest absolute Gasteiger partial charge is 0.350 e. The van der Waals surface area contributed by atoms with Crippen LogP contribution in [-0.2, 0) is 10.0 Å². The molecule has 0 bridgehead atoms. The van der Waals surface area contributed by atoms with E-state index in [1.54, 1.807) is 36.4 Å². The molecule has 31 heavy (non-hydrogen) atoms. The summed E-state index contributed by atoms with van der Waals surface area (Å²) in [4.78, 5) is 14.6. The molecule has 1 amide bonds. The van der Waals surface area contributed by atoms with E-state index in [0.29, 0.717) is 11.3 Å². The minimum Gasteiger partial charge on any atom is -0.350 e. The van der Waals surface area contributed by atoms with Gasteiger partial charge in [0, 0.05) is 17.8 Å². The number of anilines is 1. The first-order valence-corrected chi connectivity index (χ1v) is 11.1. The molecule has 2 N–H and O–H groups in total. The van der Waals surface area contributed by atoms with E-state index in [4.69, 9.17) is 0 Å². The lowest BCUT2D eigenvalue weighted by molar-refractivity contribution is 0.0942. The number of carbonyl (C=O) groups is 1. The van der Waals surface area contributed by atoms with E-state index < -0.39 is 10.0 Å². The molecule has 0 saturated heterocycles. The van der Waals surface area contributed by atoms with E-state index in [1.165, 1.54) is 36.4 Å². The predicted molar refractivity (Wildman–Crippen MR) is 119 cm³/mol. The number of halogens is 1. The zero-order chi connectivity index (χ0) is 22.4. The lowest BCUT2D eigenvalue weighted by Gasteiger charge is -2.25. The minimum absolute atomic E-state index is 0.156. The normalized spacial score (nSPS) is 12.4. The van der Waals surface area contributed by atoms with Crippen LogP contribution in [0.5, 0.6) is 0 Å². The fraction of sp³-hybridized carbons (Fsp3) is 0.174. The second kappa shape index (κ2) is 9.72. The first-order valence-electron chi connectivity index (χ1n) is 9.64. The van der Waals surface area contributed by atoms with Crippen molar-refractivity contribution in [2.75, 3.05) is 25.4 Å². The average Bonchev–Trinajstić information content (AvgIpc) is 2.74. The number of amides is 1. The van der Waals surface area contributed by atoms with Gasteiger partial charge in [0.2, 0.25) is 0 Å². The van der Waals surface area contributed by atoms with E-state index in [2.05, 4.69) is 10.0 Å². The third kappa shape index (κ3) is 5.90. The maximum atomic E-state index is 13.6. The van der Waals surface area contributed by atoms with Crippen LogP contribution in [0.15, 0.2) is 83.8 Å². The van der Waals surface area contributed by atoms with Crippen molar-refractivity contribution in [1.82, 2.24) is 10.2 Å². The van der Waals surface area contributed by atoms with Crippen molar-refractivity contribution in [3.63, 3.8) is 0 Å². The number of likely N-dealkylation sites (N-methyl/N-ethyl adjacent to an activating group) is 1. The predicted octanol–water partition coefficient (Wildman–Crippen LogP) is 3.66. The molecular formula is C23H24FN3O3S. The highest BCUT2D eigenvalue weighted by Crippen LogP contribution is 2.19. The molecule has 0 aromatic heterocycles. The Morgan fingerprint density at radius 1 is 0.968 bits per heavy atom. The van der Waals surface area contributed by atoms with Gasteiger partial charge in [0.25, 0.3) is 15.9 Å². The van der Waals surface area contributed by atoms with Crippen molar-refractivity contribution >= 4 is 21.6 Å². The van der Waals surface area contributed by atoms with Gasteiger partial charge in [-0.05, 0) is 68.2 Å². The van der Waals surface area contributed by atoms with Crippen LogP contribution in [0.25, 0.3) is 0 Å². The molecule has 0 fully saturated rings. The first-order chi connectivity index (χ1) is 14.8. The van der Waals surface area contributed by atoms with Gasteiger partial charge < -0.3 is 10.2 Å². The molecule has 0 aliphatic heterocycles. The number of hydrogen-bond acceptors (Lipinski definition) is 4. The summed E-state index contributed by atoms with van der Waals surface area (Å²) in [6, 6.07) is 20.3. The summed E-state index contributed by atoms with van der Waals surface area (Å²) in [5.41, 5.74) is 1.50. The SMILES string of the molecule is CN(C)C(CNC(=O)c1ccc(NS(=O)(=O)c2ccccc2)cc1)c1cccc(F)c1. The van der Waals surface area contributed by atoms with Gasteiger partial charge in [0.05, 0.1) is 10.9 Å². The van der Waals surface area contributed by atoms with Gasteiger partial charge in [-0.1, -0.05) is 30.3 Å². The Kier molecular flexibility index (Phi) is 7.04. The van der Waals surface area contributed by atoms with Crippen molar-refractivity contribution in [1.29, 1.82) is 0 Å². The van der Waals surface area contributed by atoms with Gasteiger partial charge in [-0.3, -0.25) is 9.52 Å². The summed E-state index contributed by atoms with van der Waals surface area (Å²) < 4.78 is 40.9. The number of sulfonamides is 1. The number of nitrogens with zero attached hydrogens (tertiary/aromatic N) is 1. The van der Waals surface area contributed by atoms with Crippen LogP contribution in [0.2, 0.25) is 0 Å². The first kappa shape index (κ1) is 22.5. The van der Waals surface area contributed by atoms with E-state index in [9.17, 15) is 17.6 Å². The molecule has 0 saturated carbocycles. The van der Waals surface area contributed by atoms with Gasteiger partial charge in [0.15, 0.2) is 0 Å². The van der Waals surface area contributed by atoms with E-state index in [0.717, 1.165) is 5.56 Å². The third-order valence-electron chi connectivity index (χ3n) is 4.77. The number of nitrogens with one attached hydrogen (secondary N) is 2. The van der Waals surface area contributed by atoms with Crippen molar-refractivity contribution in [2.45, 2.75) is 10.9 Å². The maximum absolute atomic E-state index is 13.6. The van der Waals surface area contributed by atoms with Crippen LogP contribution < -0.4 is 10.0 Å². The van der Waals surface area contributed by atoms with Crippen molar-refractivity contribution < 1.29 is 17.6 Å². The number of benzene rings is 3. The Labute approximate surface area is 181 Å². The van der Waals surface area contributed by atoms with E-state index >= 15 is 0 Å². The second-order valence-corrected chi connectivity index (χ2v) is 8.92. The summed E-state index contributed by atoms with van der Waals surface area (Å²) in [7, 11) is 0.0147. The Hall–Kier alpha value is -3.23. The molecule has 3 rings (SSSR count). The standard InChI is InChI=1S/C23H24FN3O3S/c1-27(2)22(18-7-6-8-19(24)15-18)16-25-23(28)17-11-13-20(14-12-17)26-31(29,30)21-9-4-3-5-10-21/h3-15,22,26H,16H2,1-2H3,(H,25,28). The highest BCUT2D eigenvalue weighted by atomic mass is 32.2. The van der Waals surface area contributed by atoms with E-state index in [-0.39, 0.29) is 29.2 Å². The van der Waals surface area contributed by atoms with Crippen LogP contribution in [0.1, 0.15) is 22.0 Å². The summed E-state index contributed by atoms with van der Waals surface area (Å²) in [5, 5.41) is 2.85. The van der Waals surface area contributed by atoms with Gasteiger partial charge in [-0.25, -0.2) is 12.8 Å². The van der Waals surface area contributed by atoms with Crippen molar-refractivity contribution in [3.8, 4) is 0 Å². The van der Waals surface area contributed by atoms with Crippen LogP contribution in [0.3, 0.4) is 0 Å².